The van der Waals surface area contributed by atoms with Crippen LogP contribution in [0.3, 0.4) is 0 Å². The van der Waals surface area contributed by atoms with Gasteiger partial charge in [0.25, 0.3) is 11.8 Å². The van der Waals surface area contributed by atoms with Crippen LogP contribution in [0.25, 0.3) is 0 Å². The number of sulfone groups is 1. The molecule has 5 N–H and O–H groups in total. The van der Waals surface area contributed by atoms with Crippen LogP contribution in [0.1, 0.15) is 107 Å². The van der Waals surface area contributed by atoms with Gasteiger partial charge in [-0.1, -0.05) is 37.8 Å². The number of hydrogen-bond donors (Lipinski definition) is 4. The highest BCUT2D eigenvalue weighted by atomic mass is 32.2. The number of aryl methyl sites for hydroxylation is 2. The topological polar surface area (TPSA) is 202 Å². The summed E-state index contributed by atoms with van der Waals surface area (Å²) in [5, 5.41) is 18.6. The Balaban J connectivity index is 0.000000160. The minimum atomic E-state index is -3.50. The van der Waals surface area contributed by atoms with Crippen LogP contribution >= 0.6 is 0 Å². The predicted octanol–water partition coefficient (Wildman–Crippen LogP) is 4.38. The Kier molecular flexibility index (Phi) is 10.6. The van der Waals surface area contributed by atoms with Crippen molar-refractivity contribution in [1.29, 1.82) is 0 Å². The van der Waals surface area contributed by atoms with Gasteiger partial charge in [-0.05, 0) is 111 Å². The zero-order valence-electron chi connectivity index (χ0n) is 35.3. The van der Waals surface area contributed by atoms with Crippen molar-refractivity contribution in [2.24, 2.45) is 11.8 Å². The SMILES string of the molecule is CCOc1ccc2c(c1)CC1(C2)Cc2nn(CCC3CC3)c(N)c2C(=O)N1.CCOc1ccc2c(c1)CC1(C2)Cc2nn(CCC3CC3)c(NC(=O)CS(C)(=O)=O)c2C(=O)N1. The van der Waals surface area contributed by atoms with E-state index in [-0.39, 0.29) is 17.4 Å². The lowest BCUT2D eigenvalue weighted by Crippen LogP contribution is -2.54. The Morgan fingerprint density at radius 2 is 1.23 bits per heavy atom. The number of aromatic nitrogens is 4. The normalized spacial score (nSPS) is 22.1. The van der Waals surface area contributed by atoms with Gasteiger partial charge >= 0.3 is 0 Å². The van der Waals surface area contributed by atoms with Crippen molar-refractivity contribution in [3.8, 4) is 11.5 Å². The molecule has 0 radical (unpaired) electrons. The highest BCUT2D eigenvalue weighted by molar-refractivity contribution is 7.91. The van der Waals surface area contributed by atoms with Gasteiger partial charge in [0.05, 0.1) is 35.7 Å². The van der Waals surface area contributed by atoms with E-state index < -0.39 is 27.0 Å². The van der Waals surface area contributed by atoms with Crippen LogP contribution in [-0.2, 0) is 66.2 Å². The monoisotopic (exact) mass is 852 g/mol. The molecule has 2 spiro atoms. The van der Waals surface area contributed by atoms with Gasteiger partial charge in [0.15, 0.2) is 9.84 Å². The van der Waals surface area contributed by atoms with Crippen molar-refractivity contribution in [3.63, 3.8) is 0 Å². The molecule has 61 heavy (non-hydrogen) atoms. The Morgan fingerprint density at radius 3 is 1.74 bits per heavy atom. The van der Waals surface area contributed by atoms with E-state index in [1.54, 1.807) is 4.68 Å². The van der Waals surface area contributed by atoms with Crippen LogP contribution in [0.5, 0.6) is 11.5 Å². The molecular formula is C45H56N8O7S. The van der Waals surface area contributed by atoms with E-state index >= 15 is 0 Å². The molecule has 2 fully saturated rings. The fraction of sp³-hybridized carbons (Fsp3) is 0.533. The Labute approximate surface area is 356 Å². The van der Waals surface area contributed by atoms with Gasteiger partial charge in [-0.2, -0.15) is 10.2 Å². The minimum Gasteiger partial charge on any atom is -0.494 e. The molecule has 324 valence electrons. The standard InChI is InChI=1S/C24H30N4O5S.C21H26N4O2/c1-3-33-18-7-6-16-11-24(12-17(16)10-18)13-19-21(23(30)26-24)22(25-20(29)14-34(2,31)32)28(27-19)9-8-15-4-5-15;1-2-27-16-6-5-14-10-21(11-15(14)9-16)12-17-18(20(26)23-21)19(22)25(24-17)8-7-13-3-4-13/h6-7,10,15H,3-5,8-9,11-14H2,1-2H3,(H,25,29)(H,26,30);5-6,9,13H,2-4,7-8,10-12,22H2,1H3,(H,23,26). The lowest BCUT2D eigenvalue weighted by molar-refractivity contribution is -0.113. The molecule has 3 amide bonds. The average molecular weight is 853 g/mol. The molecule has 4 aliphatic carbocycles. The molecule has 2 unspecified atom stereocenters. The molecule has 15 nitrogen and oxygen atoms in total. The first-order valence-corrected chi connectivity index (χ1v) is 23.8. The molecule has 2 aliphatic heterocycles. The number of rotatable bonds is 13. The third kappa shape index (κ3) is 8.73. The average Bonchev–Trinajstić information content (AvgIpc) is 4.08. The summed E-state index contributed by atoms with van der Waals surface area (Å²) in [6, 6.07) is 12.3. The molecule has 0 saturated heterocycles. The lowest BCUT2D eigenvalue weighted by Gasteiger charge is -2.33. The summed E-state index contributed by atoms with van der Waals surface area (Å²) in [7, 11) is -3.50. The maximum absolute atomic E-state index is 13.4. The first kappa shape index (κ1) is 41.0. The fourth-order valence-corrected chi connectivity index (χ4v) is 10.3. The number of benzene rings is 2. The van der Waals surface area contributed by atoms with Gasteiger partial charge in [0, 0.05) is 32.2 Å². The summed E-state index contributed by atoms with van der Waals surface area (Å²) >= 11 is 0. The molecule has 6 aliphatic rings. The Hall–Kier alpha value is -5.38. The summed E-state index contributed by atoms with van der Waals surface area (Å²) in [5.41, 5.74) is 12.8. The molecule has 4 aromatic rings. The van der Waals surface area contributed by atoms with E-state index in [0.717, 1.165) is 73.6 Å². The van der Waals surface area contributed by atoms with Crippen molar-refractivity contribution in [3.05, 3.63) is 81.2 Å². The summed E-state index contributed by atoms with van der Waals surface area (Å²) in [6.45, 7) is 6.56. The summed E-state index contributed by atoms with van der Waals surface area (Å²) in [5.74, 6) is 2.32. The number of carbonyl (C=O) groups excluding carboxylic acids is 3. The number of fused-ring (bicyclic) bond motifs is 4. The second-order valence-corrected chi connectivity index (χ2v) is 20.3. The summed E-state index contributed by atoms with van der Waals surface area (Å²) < 4.78 is 38.0. The van der Waals surface area contributed by atoms with Crippen molar-refractivity contribution in [2.75, 3.05) is 36.3 Å². The molecule has 4 heterocycles. The van der Waals surface area contributed by atoms with Gasteiger partial charge < -0.3 is 31.2 Å². The molecule has 0 bridgehead atoms. The van der Waals surface area contributed by atoms with Crippen LogP contribution in [0, 0.1) is 11.8 Å². The van der Waals surface area contributed by atoms with Gasteiger partial charge in [-0.25, -0.2) is 17.8 Å². The van der Waals surface area contributed by atoms with Gasteiger partial charge in [-0.3, -0.25) is 14.4 Å². The Morgan fingerprint density at radius 1 is 0.754 bits per heavy atom. The van der Waals surface area contributed by atoms with Crippen LogP contribution in [-0.4, -0.2) is 82.0 Å². The van der Waals surface area contributed by atoms with Crippen molar-refractivity contribution in [1.82, 2.24) is 30.2 Å². The smallest absolute Gasteiger partial charge is 0.257 e. The van der Waals surface area contributed by atoms with Crippen LogP contribution < -0.4 is 31.2 Å². The first-order chi connectivity index (χ1) is 29.2. The number of amides is 3. The van der Waals surface area contributed by atoms with Gasteiger partial charge in [0.1, 0.15) is 40.0 Å². The number of anilines is 2. The molecular weight excluding hydrogens is 797 g/mol. The lowest BCUT2D eigenvalue weighted by atomic mass is 9.85. The number of hydrogen-bond acceptors (Lipinski definition) is 10. The Bertz CT molecular complexity index is 2520. The zero-order valence-corrected chi connectivity index (χ0v) is 36.1. The van der Waals surface area contributed by atoms with Gasteiger partial charge in [-0.15, -0.1) is 0 Å². The minimum absolute atomic E-state index is 0.0794. The molecule has 10 rings (SSSR count). The quantitative estimate of drug-likeness (QED) is 0.150. The first-order valence-electron chi connectivity index (χ1n) is 21.8. The van der Waals surface area contributed by atoms with Crippen LogP contribution in [0.4, 0.5) is 11.6 Å². The van der Waals surface area contributed by atoms with Crippen molar-refractivity contribution >= 4 is 39.2 Å². The van der Waals surface area contributed by atoms with E-state index in [0.29, 0.717) is 73.4 Å². The number of nitrogens with one attached hydrogen (secondary N) is 3. The van der Waals surface area contributed by atoms with Gasteiger partial charge in [0.2, 0.25) is 5.91 Å². The molecule has 2 saturated carbocycles. The van der Waals surface area contributed by atoms with E-state index in [1.807, 2.05) is 36.7 Å². The van der Waals surface area contributed by atoms with E-state index in [2.05, 4.69) is 34.1 Å². The highest BCUT2D eigenvalue weighted by Gasteiger charge is 2.47. The number of ether oxygens (including phenoxy) is 2. The maximum Gasteiger partial charge on any atom is 0.257 e. The van der Waals surface area contributed by atoms with E-state index in [9.17, 15) is 22.8 Å². The highest BCUT2D eigenvalue weighted by Crippen LogP contribution is 2.41. The largest absolute Gasteiger partial charge is 0.494 e. The summed E-state index contributed by atoms with van der Waals surface area (Å²) in [4.78, 5) is 38.7. The predicted molar refractivity (Wildman–Crippen MR) is 230 cm³/mol. The third-order valence-electron chi connectivity index (χ3n) is 12.9. The van der Waals surface area contributed by atoms with Crippen molar-refractivity contribution in [2.45, 2.75) is 115 Å². The van der Waals surface area contributed by atoms with Crippen molar-refractivity contribution < 1.29 is 32.3 Å². The second-order valence-electron chi connectivity index (χ2n) is 18.2. The molecule has 2 atom stereocenters. The fourth-order valence-electron chi connectivity index (χ4n) is 9.80. The number of nitrogens with two attached hydrogens (primary N) is 1. The number of nitrogens with zero attached hydrogens (tertiary/aromatic N) is 4. The van der Waals surface area contributed by atoms with Crippen LogP contribution in [0.15, 0.2) is 36.4 Å². The van der Waals surface area contributed by atoms with E-state index in [1.165, 1.54) is 42.4 Å². The number of nitrogen functional groups attached to an aromatic ring is 1. The van der Waals surface area contributed by atoms with E-state index in [4.69, 9.17) is 25.4 Å². The zero-order chi connectivity index (χ0) is 42.7. The summed E-state index contributed by atoms with van der Waals surface area (Å²) in [6.07, 6.45) is 12.3. The number of carbonyl (C=O) groups is 3. The molecule has 16 heteroatoms. The third-order valence-corrected chi connectivity index (χ3v) is 13.7. The van der Waals surface area contributed by atoms with Crippen LogP contribution in [0.2, 0.25) is 0 Å². The second kappa shape index (κ2) is 15.8. The molecule has 2 aromatic heterocycles. The maximum atomic E-state index is 13.4. The molecule has 2 aromatic carbocycles.